The lowest BCUT2D eigenvalue weighted by atomic mass is 10.2. The molecule has 24 heavy (non-hydrogen) atoms. The van der Waals surface area contributed by atoms with E-state index < -0.39 is 0 Å². The summed E-state index contributed by atoms with van der Waals surface area (Å²) in [7, 11) is 0. The third-order valence-electron chi connectivity index (χ3n) is 3.68. The maximum atomic E-state index is 12.3. The Morgan fingerprint density at radius 1 is 1.38 bits per heavy atom. The Bertz CT molecular complexity index is 732. The van der Waals surface area contributed by atoms with E-state index in [-0.39, 0.29) is 12.0 Å². The molecule has 1 unspecified atom stereocenters. The number of aryl methyl sites for hydroxylation is 1. The van der Waals surface area contributed by atoms with Crippen LogP contribution >= 0.6 is 11.6 Å². The summed E-state index contributed by atoms with van der Waals surface area (Å²) in [6.07, 6.45) is 2.12. The molecular weight excluding hydrogens is 328 g/mol. The van der Waals surface area contributed by atoms with Gasteiger partial charge in [0.1, 0.15) is 5.69 Å². The van der Waals surface area contributed by atoms with Crippen LogP contribution in [0.1, 0.15) is 29.0 Å². The molecule has 1 atom stereocenters. The first kappa shape index (κ1) is 16.7. The Morgan fingerprint density at radius 2 is 2.25 bits per heavy atom. The largest absolute Gasteiger partial charge is 0.376 e. The summed E-state index contributed by atoms with van der Waals surface area (Å²) in [4.78, 5) is 20.9. The number of anilines is 2. The topological polar surface area (TPSA) is 76.1 Å². The number of nitrogens with zero attached hydrogens (tertiary/aromatic N) is 2. The van der Waals surface area contributed by atoms with Crippen LogP contribution in [0.25, 0.3) is 0 Å². The van der Waals surface area contributed by atoms with Crippen LogP contribution in [-0.2, 0) is 4.74 Å². The van der Waals surface area contributed by atoms with E-state index in [1.54, 1.807) is 18.2 Å². The molecule has 1 amide bonds. The van der Waals surface area contributed by atoms with Crippen molar-refractivity contribution in [3.8, 4) is 0 Å². The summed E-state index contributed by atoms with van der Waals surface area (Å²) in [5, 5.41) is 6.55. The fourth-order valence-corrected chi connectivity index (χ4v) is 2.73. The van der Waals surface area contributed by atoms with E-state index in [0.29, 0.717) is 28.9 Å². The number of hydrogen-bond donors (Lipinski definition) is 2. The first-order valence-corrected chi connectivity index (χ1v) is 8.26. The maximum absolute atomic E-state index is 12.3. The number of carbonyl (C=O) groups excluding carboxylic acids is 1. The normalized spacial score (nSPS) is 16.8. The van der Waals surface area contributed by atoms with Crippen molar-refractivity contribution in [2.75, 3.05) is 18.5 Å². The van der Waals surface area contributed by atoms with Crippen LogP contribution in [0, 0.1) is 6.92 Å². The van der Waals surface area contributed by atoms with Gasteiger partial charge in [-0.05, 0) is 44.0 Å². The smallest absolute Gasteiger partial charge is 0.270 e. The maximum Gasteiger partial charge on any atom is 0.270 e. The number of aromatic nitrogens is 2. The number of halogens is 1. The third kappa shape index (κ3) is 4.43. The molecule has 3 rings (SSSR count). The standard InChI is InChI=1S/C17H19ClN4O2/c1-11-8-15(16(23)19-10-14-6-3-7-24-14)22-17(20-11)21-13-5-2-4-12(18)9-13/h2,4-5,8-9,14H,3,6-7,10H2,1H3,(H,19,23)(H,20,21,22). The molecule has 1 aromatic heterocycles. The highest BCUT2D eigenvalue weighted by Gasteiger charge is 2.17. The number of hydrogen-bond acceptors (Lipinski definition) is 5. The Balaban J connectivity index is 1.69. The molecule has 1 aliphatic heterocycles. The first-order valence-electron chi connectivity index (χ1n) is 7.88. The lowest BCUT2D eigenvalue weighted by Gasteiger charge is -2.11. The minimum atomic E-state index is -0.231. The molecule has 0 aliphatic carbocycles. The van der Waals surface area contributed by atoms with E-state index in [1.165, 1.54) is 0 Å². The van der Waals surface area contributed by atoms with Crippen molar-refractivity contribution in [2.45, 2.75) is 25.9 Å². The van der Waals surface area contributed by atoms with Gasteiger partial charge in [0.15, 0.2) is 0 Å². The summed E-state index contributed by atoms with van der Waals surface area (Å²) in [6, 6.07) is 8.90. The molecule has 0 spiro atoms. The highest BCUT2D eigenvalue weighted by Crippen LogP contribution is 2.18. The monoisotopic (exact) mass is 346 g/mol. The third-order valence-corrected chi connectivity index (χ3v) is 3.92. The second-order valence-corrected chi connectivity index (χ2v) is 6.14. The molecule has 6 nitrogen and oxygen atoms in total. The fraction of sp³-hybridized carbons (Fsp3) is 0.353. The van der Waals surface area contributed by atoms with Gasteiger partial charge in [-0.3, -0.25) is 4.79 Å². The number of carbonyl (C=O) groups is 1. The number of ether oxygens (including phenoxy) is 1. The Morgan fingerprint density at radius 3 is 3.00 bits per heavy atom. The molecule has 7 heteroatoms. The summed E-state index contributed by atoms with van der Waals surface area (Å²) in [5.74, 6) is 0.129. The molecule has 0 radical (unpaired) electrons. The van der Waals surface area contributed by atoms with Gasteiger partial charge in [-0.15, -0.1) is 0 Å². The second kappa shape index (κ2) is 7.59. The Hall–Kier alpha value is -2.18. The zero-order chi connectivity index (χ0) is 16.9. The molecule has 1 aliphatic rings. The predicted molar refractivity (Wildman–Crippen MR) is 92.8 cm³/mol. The summed E-state index contributed by atoms with van der Waals surface area (Å²) in [6.45, 7) is 3.08. The van der Waals surface area contributed by atoms with E-state index in [9.17, 15) is 4.79 Å². The Kier molecular flexibility index (Phi) is 5.27. The molecule has 0 bridgehead atoms. The number of benzene rings is 1. The van der Waals surface area contributed by atoms with Crippen LogP contribution in [0.15, 0.2) is 30.3 Å². The minimum Gasteiger partial charge on any atom is -0.376 e. The van der Waals surface area contributed by atoms with Crippen molar-refractivity contribution in [1.29, 1.82) is 0 Å². The van der Waals surface area contributed by atoms with Crippen LogP contribution in [0.3, 0.4) is 0 Å². The van der Waals surface area contributed by atoms with Crippen LogP contribution in [0.2, 0.25) is 5.02 Å². The molecule has 2 aromatic rings. The zero-order valence-corrected chi connectivity index (χ0v) is 14.1. The van der Waals surface area contributed by atoms with Gasteiger partial charge in [-0.2, -0.15) is 0 Å². The number of nitrogens with one attached hydrogen (secondary N) is 2. The SMILES string of the molecule is Cc1cc(C(=O)NCC2CCCO2)nc(Nc2cccc(Cl)c2)n1. The molecular formula is C17H19ClN4O2. The second-order valence-electron chi connectivity index (χ2n) is 5.70. The number of rotatable bonds is 5. The van der Waals surface area contributed by atoms with Crippen molar-refractivity contribution in [3.05, 3.63) is 46.7 Å². The fourth-order valence-electron chi connectivity index (χ4n) is 2.54. The van der Waals surface area contributed by atoms with Crippen LogP contribution in [0.4, 0.5) is 11.6 Å². The van der Waals surface area contributed by atoms with E-state index in [2.05, 4.69) is 20.6 Å². The quantitative estimate of drug-likeness (QED) is 0.870. The van der Waals surface area contributed by atoms with Crippen LogP contribution < -0.4 is 10.6 Å². The highest BCUT2D eigenvalue weighted by molar-refractivity contribution is 6.30. The van der Waals surface area contributed by atoms with E-state index >= 15 is 0 Å². The van der Waals surface area contributed by atoms with Crippen molar-refractivity contribution in [3.63, 3.8) is 0 Å². The van der Waals surface area contributed by atoms with Crippen molar-refractivity contribution >= 4 is 29.1 Å². The van der Waals surface area contributed by atoms with E-state index in [0.717, 1.165) is 25.1 Å². The van der Waals surface area contributed by atoms with Crippen molar-refractivity contribution in [1.82, 2.24) is 15.3 Å². The zero-order valence-electron chi connectivity index (χ0n) is 13.4. The van der Waals surface area contributed by atoms with E-state index in [4.69, 9.17) is 16.3 Å². The van der Waals surface area contributed by atoms with Gasteiger partial charge in [0, 0.05) is 29.6 Å². The van der Waals surface area contributed by atoms with Crippen LogP contribution in [-0.4, -0.2) is 35.1 Å². The van der Waals surface area contributed by atoms with Crippen LogP contribution in [0.5, 0.6) is 0 Å². The highest BCUT2D eigenvalue weighted by atomic mass is 35.5. The molecule has 2 N–H and O–H groups in total. The molecule has 1 saturated heterocycles. The summed E-state index contributed by atoms with van der Waals surface area (Å²) >= 11 is 5.97. The van der Waals surface area contributed by atoms with Gasteiger partial charge in [0.05, 0.1) is 6.10 Å². The first-order chi connectivity index (χ1) is 11.6. The van der Waals surface area contributed by atoms with Gasteiger partial charge < -0.3 is 15.4 Å². The minimum absolute atomic E-state index is 0.0981. The summed E-state index contributed by atoms with van der Waals surface area (Å²) < 4.78 is 5.50. The molecule has 0 saturated carbocycles. The van der Waals surface area contributed by atoms with Crippen molar-refractivity contribution < 1.29 is 9.53 Å². The molecule has 1 fully saturated rings. The summed E-state index contributed by atoms with van der Waals surface area (Å²) in [5.41, 5.74) is 1.79. The number of amides is 1. The van der Waals surface area contributed by atoms with Gasteiger partial charge in [0.25, 0.3) is 5.91 Å². The van der Waals surface area contributed by atoms with Gasteiger partial charge in [-0.25, -0.2) is 9.97 Å². The average molecular weight is 347 g/mol. The average Bonchev–Trinajstić information content (AvgIpc) is 3.05. The van der Waals surface area contributed by atoms with Gasteiger partial charge >= 0.3 is 0 Å². The van der Waals surface area contributed by atoms with E-state index in [1.807, 2.05) is 19.1 Å². The van der Waals surface area contributed by atoms with Crippen molar-refractivity contribution in [2.24, 2.45) is 0 Å². The molecule has 126 valence electrons. The van der Waals surface area contributed by atoms with Gasteiger partial charge in [-0.1, -0.05) is 17.7 Å². The van der Waals surface area contributed by atoms with Gasteiger partial charge in [0.2, 0.25) is 5.95 Å². The molecule has 1 aromatic carbocycles. The predicted octanol–water partition coefficient (Wildman–Crippen LogP) is 3.09. The lowest BCUT2D eigenvalue weighted by Crippen LogP contribution is -2.32. The molecule has 2 heterocycles. The lowest BCUT2D eigenvalue weighted by molar-refractivity contribution is 0.0853. The Labute approximate surface area is 145 Å².